The van der Waals surface area contributed by atoms with Gasteiger partial charge in [-0.15, -0.1) is 0 Å². The van der Waals surface area contributed by atoms with Gasteiger partial charge < -0.3 is 9.64 Å². The molecule has 2 aliphatic heterocycles. The number of nitrogens with zero attached hydrogens (tertiary/aromatic N) is 4. The Morgan fingerprint density at radius 3 is 2.83 bits per heavy atom. The molecule has 0 aromatic carbocycles. The van der Waals surface area contributed by atoms with Crippen molar-refractivity contribution in [3.63, 3.8) is 0 Å². The Morgan fingerprint density at radius 2 is 2.04 bits per heavy atom. The summed E-state index contributed by atoms with van der Waals surface area (Å²) in [4.78, 5) is 9.82. The molecule has 1 aliphatic carbocycles. The van der Waals surface area contributed by atoms with E-state index >= 15 is 0 Å². The smallest absolute Gasteiger partial charge is 0.231 e. The molecule has 0 radical (unpaired) electrons. The van der Waals surface area contributed by atoms with E-state index in [1.54, 1.807) is 4.90 Å². The SMILES string of the molecule is FC1=c2nc(Cl)nc(N3CCOC[C@H]4[C@H](F)[C@H]43)c2=C(Cl)CN1Cl. The molecule has 0 N–H and O–H groups in total. The zero-order chi connectivity index (χ0) is 16.3. The van der Waals surface area contributed by atoms with E-state index < -0.39 is 12.1 Å². The van der Waals surface area contributed by atoms with Crippen LogP contribution in [0.1, 0.15) is 0 Å². The van der Waals surface area contributed by atoms with Gasteiger partial charge in [-0.3, -0.25) is 4.42 Å². The highest BCUT2D eigenvalue weighted by Crippen LogP contribution is 2.42. The van der Waals surface area contributed by atoms with Gasteiger partial charge in [-0.25, -0.2) is 9.37 Å². The molecule has 10 heteroatoms. The summed E-state index contributed by atoms with van der Waals surface area (Å²) in [6.07, 6.45) is -1.01. The number of hydrogen-bond acceptors (Lipinski definition) is 5. The van der Waals surface area contributed by atoms with Crippen molar-refractivity contribution in [3.8, 4) is 0 Å². The maximum absolute atomic E-state index is 14.3. The molecule has 0 bridgehead atoms. The minimum atomic E-state index is -1.01. The topological polar surface area (TPSA) is 41.5 Å². The molecule has 0 unspecified atom stereocenters. The number of halogens is 5. The Balaban J connectivity index is 1.94. The van der Waals surface area contributed by atoms with Crippen LogP contribution in [0.4, 0.5) is 14.6 Å². The first-order valence-corrected chi connectivity index (χ1v) is 8.12. The summed E-state index contributed by atoms with van der Waals surface area (Å²) in [6.45, 7) is 1.16. The average molecular weight is 384 g/mol. The minimum absolute atomic E-state index is 0.0303. The van der Waals surface area contributed by atoms with Crippen molar-refractivity contribution < 1.29 is 13.5 Å². The molecule has 3 aliphatic rings. The van der Waals surface area contributed by atoms with E-state index in [2.05, 4.69) is 9.97 Å². The van der Waals surface area contributed by atoms with Crippen LogP contribution < -0.4 is 15.5 Å². The molecular formula is C13H11Cl3F2N4O. The predicted octanol–water partition coefficient (Wildman–Crippen LogP) is 1.15. The number of ether oxygens (including phenoxy) is 1. The van der Waals surface area contributed by atoms with Crippen LogP contribution in [-0.4, -0.2) is 52.9 Å². The Labute approximate surface area is 145 Å². The first-order chi connectivity index (χ1) is 11.0. The van der Waals surface area contributed by atoms with E-state index in [9.17, 15) is 8.78 Å². The van der Waals surface area contributed by atoms with Gasteiger partial charge in [0.2, 0.25) is 11.2 Å². The second-order valence-corrected chi connectivity index (χ2v) is 6.83. The van der Waals surface area contributed by atoms with Gasteiger partial charge in [0.1, 0.15) is 17.3 Å². The number of hydrogen-bond donors (Lipinski definition) is 0. The zero-order valence-electron chi connectivity index (χ0n) is 11.6. The van der Waals surface area contributed by atoms with Gasteiger partial charge in [-0.2, -0.15) is 9.37 Å². The fourth-order valence-electron chi connectivity index (χ4n) is 3.10. The standard InChI is InChI=1S/C13H11Cl3F2N4O/c14-6-3-22(16)11(18)9-7(6)12(20-13(15)19-9)21-1-2-23-4-5-8(17)10(5)21/h5,8,10H,1-4H2/t5-,8-,10-/m0/s1. The molecule has 4 rings (SSSR count). The molecule has 2 fully saturated rings. The molecule has 23 heavy (non-hydrogen) atoms. The molecule has 1 aromatic rings. The fraction of sp³-hybridized carbons (Fsp3) is 0.538. The quantitative estimate of drug-likeness (QED) is 0.413. The second-order valence-electron chi connectivity index (χ2n) is 5.62. The zero-order valence-corrected chi connectivity index (χ0v) is 13.9. The number of aromatic nitrogens is 2. The van der Waals surface area contributed by atoms with E-state index in [1.807, 2.05) is 0 Å². The third-order valence-electron chi connectivity index (χ3n) is 4.27. The Hall–Kier alpha value is -0.890. The molecular weight excluding hydrogens is 373 g/mol. The van der Waals surface area contributed by atoms with Crippen molar-refractivity contribution in [2.45, 2.75) is 12.2 Å². The number of fused-ring (bicyclic) bond motifs is 2. The first-order valence-electron chi connectivity index (χ1n) is 7.03. The largest absolute Gasteiger partial charge is 0.379 e. The van der Waals surface area contributed by atoms with Gasteiger partial charge in [0.15, 0.2) is 0 Å². The highest BCUT2D eigenvalue weighted by Gasteiger charge is 2.56. The van der Waals surface area contributed by atoms with Crippen LogP contribution in [-0.2, 0) is 4.74 Å². The highest BCUT2D eigenvalue weighted by molar-refractivity contribution is 6.46. The Bertz CT molecular complexity index is 792. The van der Waals surface area contributed by atoms with Gasteiger partial charge in [0.25, 0.3) is 0 Å². The molecule has 124 valence electrons. The van der Waals surface area contributed by atoms with Gasteiger partial charge in [0, 0.05) is 24.2 Å². The lowest BCUT2D eigenvalue weighted by atomic mass is 10.2. The molecule has 3 heterocycles. The van der Waals surface area contributed by atoms with Gasteiger partial charge >= 0.3 is 0 Å². The van der Waals surface area contributed by atoms with Crippen molar-refractivity contribution in [2.75, 3.05) is 31.2 Å². The second kappa shape index (κ2) is 5.58. The summed E-state index contributed by atoms with van der Waals surface area (Å²) in [6, 6.07) is -0.367. The van der Waals surface area contributed by atoms with Crippen LogP contribution in [0.15, 0.2) is 0 Å². The van der Waals surface area contributed by atoms with E-state index in [4.69, 9.17) is 39.7 Å². The van der Waals surface area contributed by atoms with E-state index in [0.29, 0.717) is 30.8 Å². The van der Waals surface area contributed by atoms with Crippen LogP contribution >= 0.6 is 35.0 Å². The van der Waals surface area contributed by atoms with Crippen molar-refractivity contribution in [2.24, 2.45) is 5.92 Å². The van der Waals surface area contributed by atoms with Crippen LogP contribution in [0.2, 0.25) is 5.28 Å². The highest BCUT2D eigenvalue weighted by atomic mass is 35.5. The van der Waals surface area contributed by atoms with Crippen LogP contribution in [0, 0.1) is 5.92 Å². The average Bonchev–Trinajstić information content (AvgIpc) is 3.19. The van der Waals surface area contributed by atoms with E-state index in [1.165, 1.54) is 0 Å². The van der Waals surface area contributed by atoms with Gasteiger partial charge in [-0.05, 0) is 11.6 Å². The molecule has 5 nitrogen and oxygen atoms in total. The molecule has 3 atom stereocenters. The maximum Gasteiger partial charge on any atom is 0.231 e. The van der Waals surface area contributed by atoms with Crippen LogP contribution in [0.5, 0.6) is 0 Å². The number of rotatable bonds is 1. The van der Waals surface area contributed by atoms with Crippen LogP contribution in [0.25, 0.3) is 11.0 Å². The summed E-state index contributed by atoms with van der Waals surface area (Å²) >= 11 is 18.0. The molecule has 1 saturated heterocycles. The molecule has 0 spiro atoms. The summed E-state index contributed by atoms with van der Waals surface area (Å²) < 4.78 is 34.6. The number of anilines is 1. The number of alkyl halides is 1. The lowest BCUT2D eigenvalue weighted by Gasteiger charge is -2.25. The minimum Gasteiger partial charge on any atom is -0.379 e. The van der Waals surface area contributed by atoms with Crippen molar-refractivity contribution in [1.82, 2.24) is 14.4 Å². The maximum atomic E-state index is 14.3. The third-order valence-corrected chi connectivity index (χ3v) is 5.02. The summed E-state index contributed by atoms with van der Waals surface area (Å²) in [5.74, 6) is -0.653. The van der Waals surface area contributed by atoms with Crippen molar-refractivity contribution in [1.29, 1.82) is 0 Å². The fourth-order valence-corrected chi connectivity index (χ4v) is 3.82. The predicted molar refractivity (Wildman–Crippen MR) is 83.0 cm³/mol. The molecule has 1 aromatic heterocycles. The Kier molecular flexibility index (Phi) is 3.79. The van der Waals surface area contributed by atoms with E-state index in [-0.39, 0.29) is 34.2 Å². The molecule has 1 saturated carbocycles. The summed E-state index contributed by atoms with van der Waals surface area (Å²) in [7, 11) is 0. The first kappa shape index (κ1) is 15.6. The summed E-state index contributed by atoms with van der Waals surface area (Å²) in [5, 5.41) is 0.359. The molecule has 0 amide bonds. The van der Waals surface area contributed by atoms with Gasteiger partial charge in [0.05, 0.1) is 36.1 Å². The van der Waals surface area contributed by atoms with Gasteiger partial charge in [-0.1, -0.05) is 11.6 Å². The van der Waals surface area contributed by atoms with Crippen LogP contribution in [0.3, 0.4) is 0 Å². The normalized spacial score (nSPS) is 30.0. The lowest BCUT2D eigenvalue weighted by Crippen LogP contribution is -2.46. The van der Waals surface area contributed by atoms with Crippen molar-refractivity contribution >= 4 is 51.8 Å². The monoisotopic (exact) mass is 382 g/mol. The lowest BCUT2D eigenvalue weighted by molar-refractivity contribution is 0.130. The Morgan fingerprint density at radius 1 is 1.26 bits per heavy atom. The van der Waals surface area contributed by atoms with E-state index in [0.717, 1.165) is 4.42 Å². The third kappa shape index (κ3) is 2.45. The van der Waals surface area contributed by atoms with Crippen molar-refractivity contribution in [3.05, 3.63) is 15.9 Å². The summed E-state index contributed by atoms with van der Waals surface area (Å²) in [5.41, 5.74) is 0.